The van der Waals surface area contributed by atoms with Gasteiger partial charge in [0.15, 0.2) is 5.78 Å². The second-order valence-corrected chi connectivity index (χ2v) is 18.6. The van der Waals surface area contributed by atoms with Crippen molar-refractivity contribution in [3.8, 4) is 0 Å². The van der Waals surface area contributed by atoms with Crippen LogP contribution in [0.5, 0.6) is 0 Å². The van der Waals surface area contributed by atoms with Crippen molar-refractivity contribution < 1.29 is 52.5 Å². The maximum absolute atomic E-state index is 13.6. The van der Waals surface area contributed by atoms with Crippen molar-refractivity contribution in [3.63, 3.8) is 0 Å². The normalized spacial score (nSPS) is 17.4. The monoisotopic (exact) mass is 997 g/mol. The molecule has 8 rings (SSSR count). The van der Waals surface area contributed by atoms with E-state index in [1.54, 1.807) is 47.0 Å². The highest BCUT2D eigenvalue weighted by Crippen LogP contribution is 2.35. The summed E-state index contributed by atoms with van der Waals surface area (Å²) in [4.78, 5) is 108. The van der Waals surface area contributed by atoms with E-state index >= 15 is 0 Å². The molecule has 71 heavy (non-hydrogen) atoms. The number of thioether (sulfide) groups is 1. The molecule has 3 fully saturated rings. The van der Waals surface area contributed by atoms with Gasteiger partial charge in [-0.25, -0.2) is 9.97 Å². The number of rotatable bonds is 24. The molecule has 0 radical (unpaired) electrons. The van der Waals surface area contributed by atoms with Gasteiger partial charge < -0.3 is 38.8 Å². The van der Waals surface area contributed by atoms with Crippen molar-refractivity contribution in [2.75, 3.05) is 108 Å². The standard InChI is InChI=1S/C49H59N9O12S/c1-31-36-29-51-49(54-44(36)57(33-6-3-4-7-33)47(64)42(31)32(2)59)52-39-12-10-34(28-50-39)55-14-16-56(17-15-55)41(61)30-70-25-24-68-21-20-66-18-19-67-22-23-69-26-27-71-38-9-5-8-35-43(38)48(65)58(46(35)63)37-11-13-40(60)53-45(37)62/h5,8-10,12,28-29,33,37H,3-4,6-7,11,13-27,30H2,1-2H3,(H,53,60,62)(H,50,51,52,54). The molecule has 2 saturated heterocycles. The molecular weight excluding hydrogens is 939 g/mol. The minimum Gasteiger partial charge on any atom is -0.378 e. The quantitative estimate of drug-likeness (QED) is 0.0442. The van der Waals surface area contributed by atoms with E-state index in [0.29, 0.717) is 118 Å². The third-order valence-electron chi connectivity index (χ3n) is 12.9. The van der Waals surface area contributed by atoms with Gasteiger partial charge in [-0.3, -0.25) is 48.3 Å². The Morgan fingerprint density at radius 3 is 2.11 bits per heavy atom. The molecule has 5 amide bonds. The summed E-state index contributed by atoms with van der Waals surface area (Å²) < 4.78 is 29.6. The number of carbonyl (C=O) groups is 6. The highest BCUT2D eigenvalue weighted by Gasteiger charge is 2.45. The highest BCUT2D eigenvalue weighted by atomic mass is 32.2. The Morgan fingerprint density at radius 2 is 1.46 bits per heavy atom. The topological polar surface area (TPSA) is 243 Å². The summed E-state index contributed by atoms with van der Waals surface area (Å²) in [6, 6.07) is 7.80. The number of fused-ring (bicyclic) bond motifs is 2. The first-order valence-corrected chi connectivity index (χ1v) is 25.0. The lowest BCUT2D eigenvalue weighted by atomic mass is 10.0. The SMILES string of the molecule is CC(=O)c1c(C)c2cnc(Nc3ccc(N4CCN(C(=O)COCCOCCOCCOCCOCCSc5cccc6c5C(=O)N(C5CCC(=O)NC5=O)C6=O)CC4)cn3)nc2n(C2CCCC2)c1=O. The van der Waals surface area contributed by atoms with Gasteiger partial charge in [-0.2, -0.15) is 4.98 Å². The zero-order valence-corrected chi connectivity index (χ0v) is 40.8. The predicted molar refractivity (Wildman–Crippen MR) is 260 cm³/mol. The Hall–Kier alpha value is -6.17. The largest absolute Gasteiger partial charge is 0.378 e. The predicted octanol–water partition coefficient (Wildman–Crippen LogP) is 3.48. The van der Waals surface area contributed by atoms with Crippen LogP contribution < -0.4 is 21.1 Å². The van der Waals surface area contributed by atoms with Crippen LogP contribution in [0.2, 0.25) is 0 Å². The number of nitrogens with one attached hydrogen (secondary N) is 2. The fourth-order valence-corrected chi connectivity index (χ4v) is 10.2. The molecule has 6 heterocycles. The Bertz CT molecular complexity index is 2670. The lowest BCUT2D eigenvalue weighted by Gasteiger charge is -2.36. The first kappa shape index (κ1) is 51.2. The van der Waals surface area contributed by atoms with Crippen molar-refractivity contribution in [1.82, 2.24) is 34.6 Å². The number of imide groups is 2. The summed E-state index contributed by atoms with van der Waals surface area (Å²) in [6.45, 7) is 8.79. The van der Waals surface area contributed by atoms with Gasteiger partial charge in [-0.05, 0) is 62.9 Å². The molecular formula is C49H59N9O12S. The number of benzene rings is 1. The fraction of sp³-hybridized carbons (Fsp3) is 0.510. The van der Waals surface area contributed by atoms with Crippen LogP contribution in [0.3, 0.4) is 0 Å². The van der Waals surface area contributed by atoms with Gasteiger partial charge in [0.05, 0.1) is 88.0 Å². The van der Waals surface area contributed by atoms with Crippen LogP contribution in [0.25, 0.3) is 11.0 Å². The number of piperazine rings is 1. The van der Waals surface area contributed by atoms with Crippen molar-refractivity contribution in [2.45, 2.75) is 69.4 Å². The number of aryl methyl sites for hydroxylation is 1. The number of carbonyl (C=O) groups excluding carboxylic acids is 6. The van der Waals surface area contributed by atoms with Crippen LogP contribution in [-0.4, -0.2) is 169 Å². The van der Waals surface area contributed by atoms with E-state index in [1.165, 1.54) is 18.7 Å². The molecule has 2 N–H and O–H groups in total. The van der Waals surface area contributed by atoms with Gasteiger partial charge in [0.25, 0.3) is 17.4 Å². The van der Waals surface area contributed by atoms with Crippen LogP contribution in [0.1, 0.15) is 88.1 Å². The summed E-state index contributed by atoms with van der Waals surface area (Å²) >= 11 is 1.38. The van der Waals surface area contributed by atoms with Crippen LogP contribution in [0.15, 0.2) is 52.4 Å². The third-order valence-corrected chi connectivity index (χ3v) is 13.9. The molecule has 21 nitrogen and oxygen atoms in total. The number of hydrogen-bond acceptors (Lipinski definition) is 18. The van der Waals surface area contributed by atoms with Crippen LogP contribution >= 0.6 is 11.8 Å². The lowest BCUT2D eigenvalue weighted by Crippen LogP contribution is -2.54. The van der Waals surface area contributed by atoms with Crippen molar-refractivity contribution in [3.05, 3.63) is 75.3 Å². The van der Waals surface area contributed by atoms with Crippen molar-refractivity contribution in [1.29, 1.82) is 0 Å². The number of ketones is 1. The minimum absolute atomic E-state index is 0.0150. The molecule has 4 aliphatic rings. The number of hydrogen-bond donors (Lipinski definition) is 2. The van der Waals surface area contributed by atoms with E-state index in [9.17, 15) is 33.6 Å². The third kappa shape index (κ3) is 12.3. The lowest BCUT2D eigenvalue weighted by molar-refractivity contribution is -0.137. The van der Waals surface area contributed by atoms with E-state index in [0.717, 1.165) is 36.3 Å². The number of Topliss-reactive ketones (excluding diaryl/α,β-unsaturated/α-hetero) is 1. The van der Waals surface area contributed by atoms with Gasteiger partial charge in [0.1, 0.15) is 24.1 Å². The molecule has 1 unspecified atom stereocenters. The average Bonchev–Trinajstić information content (AvgIpc) is 3.98. The maximum atomic E-state index is 13.6. The second kappa shape index (κ2) is 24.3. The summed E-state index contributed by atoms with van der Waals surface area (Å²) in [5, 5.41) is 6.06. The molecule has 3 aromatic heterocycles. The highest BCUT2D eigenvalue weighted by molar-refractivity contribution is 7.99. The molecule has 0 spiro atoms. The Morgan fingerprint density at radius 1 is 0.789 bits per heavy atom. The number of aromatic nitrogens is 4. The summed E-state index contributed by atoms with van der Waals surface area (Å²) in [5.74, 6) is -1.09. The summed E-state index contributed by atoms with van der Waals surface area (Å²) in [5.41, 5.74) is 2.44. The average molecular weight is 998 g/mol. The molecule has 1 atom stereocenters. The molecule has 1 aliphatic carbocycles. The van der Waals surface area contributed by atoms with E-state index in [1.807, 2.05) is 12.1 Å². The van der Waals surface area contributed by atoms with Crippen LogP contribution in [-0.2, 0) is 38.1 Å². The van der Waals surface area contributed by atoms with E-state index in [-0.39, 0.29) is 66.0 Å². The smallest absolute Gasteiger partial charge is 0.263 e. The van der Waals surface area contributed by atoms with E-state index < -0.39 is 29.7 Å². The van der Waals surface area contributed by atoms with Gasteiger partial charge in [0, 0.05) is 60.9 Å². The molecule has 4 aromatic rings. The van der Waals surface area contributed by atoms with Crippen molar-refractivity contribution in [2.24, 2.45) is 0 Å². The van der Waals surface area contributed by atoms with E-state index in [2.05, 4.69) is 25.5 Å². The molecule has 1 aromatic carbocycles. The Kier molecular flexibility index (Phi) is 17.5. The molecule has 0 bridgehead atoms. The number of pyridine rings is 2. The molecule has 22 heteroatoms. The van der Waals surface area contributed by atoms with E-state index in [4.69, 9.17) is 28.7 Å². The second-order valence-electron chi connectivity index (χ2n) is 17.5. The number of anilines is 3. The molecule has 3 aliphatic heterocycles. The first-order valence-electron chi connectivity index (χ1n) is 24.0. The van der Waals surface area contributed by atoms with Crippen LogP contribution in [0.4, 0.5) is 17.5 Å². The number of piperidine rings is 1. The number of ether oxygens (including phenoxy) is 5. The minimum atomic E-state index is -1.01. The van der Waals surface area contributed by atoms with Crippen LogP contribution in [0, 0.1) is 6.92 Å². The molecule has 1 saturated carbocycles. The zero-order chi connectivity index (χ0) is 49.9. The summed E-state index contributed by atoms with van der Waals surface area (Å²) in [7, 11) is 0. The fourth-order valence-electron chi connectivity index (χ4n) is 9.23. The van der Waals surface area contributed by atoms with Gasteiger partial charge in [-0.15, -0.1) is 11.8 Å². The maximum Gasteiger partial charge on any atom is 0.263 e. The number of nitrogens with zero attached hydrogens (tertiary/aromatic N) is 7. The van der Waals surface area contributed by atoms with Gasteiger partial charge in [0.2, 0.25) is 23.7 Å². The molecule has 378 valence electrons. The zero-order valence-electron chi connectivity index (χ0n) is 40.0. The van der Waals surface area contributed by atoms with Gasteiger partial charge >= 0.3 is 0 Å². The first-order chi connectivity index (χ1) is 34.5. The summed E-state index contributed by atoms with van der Waals surface area (Å²) in [6.07, 6.45) is 7.36. The Labute approximate surface area is 414 Å². The Balaban J connectivity index is 0.637. The number of amides is 5. The van der Waals surface area contributed by atoms with Crippen molar-refractivity contribution >= 4 is 75.6 Å². The van der Waals surface area contributed by atoms with Gasteiger partial charge in [-0.1, -0.05) is 18.9 Å².